The maximum Gasteiger partial charge on any atom is 0.115 e. The van der Waals surface area contributed by atoms with Gasteiger partial charge in [-0.1, -0.05) is 13.3 Å². The average Bonchev–Trinajstić information content (AvgIpc) is 1.81. The third-order valence-electron chi connectivity index (χ3n) is 1.54. The molecule has 0 bridgehead atoms. The summed E-state index contributed by atoms with van der Waals surface area (Å²) in [6, 6.07) is 0. The van der Waals surface area contributed by atoms with Crippen LogP contribution in [0, 0.1) is 0 Å². The zero-order chi connectivity index (χ0) is 8.91. The van der Waals surface area contributed by atoms with Gasteiger partial charge in [-0.2, -0.15) is 0 Å². The lowest BCUT2D eigenvalue weighted by atomic mass is 10.1. The minimum Gasteiger partial charge on any atom is -0.379 e. The zero-order valence-electron chi connectivity index (χ0n) is 7.59. The topological polar surface area (TPSA) is 52.5 Å². The van der Waals surface area contributed by atoms with Crippen LogP contribution < -0.4 is 5.32 Å². The highest BCUT2D eigenvalue weighted by atomic mass is 16.3. The summed E-state index contributed by atoms with van der Waals surface area (Å²) in [5, 5.41) is 21.1. The number of aliphatic hydroxyl groups is 2. The molecular weight excluding hydrogens is 142 g/mol. The highest BCUT2D eigenvalue weighted by molar-refractivity contribution is 4.69. The first-order chi connectivity index (χ1) is 4.98. The Hall–Kier alpha value is -0.120. The van der Waals surface area contributed by atoms with E-state index in [1.807, 2.05) is 0 Å². The van der Waals surface area contributed by atoms with Crippen LogP contribution >= 0.6 is 0 Å². The maximum atomic E-state index is 9.54. The van der Waals surface area contributed by atoms with Gasteiger partial charge in [0.2, 0.25) is 0 Å². The average molecular weight is 161 g/mol. The molecule has 0 fully saturated rings. The molecule has 3 nitrogen and oxygen atoms in total. The quantitative estimate of drug-likeness (QED) is 0.523. The first-order valence-electron chi connectivity index (χ1n) is 4.16. The number of unbranched alkanes of at least 4 members (excludes halogenated alkanes) is 1. The van der Waals surface area contributed by atoms with Crippen molar-refractivity contribution in [3.63, 3.8) is 0 Å². The van der Waals surface area contributed by atoms with Crippen molar-refractivity contribution in [3.8, 4) is 0 Å². The van der Waals surface area contributed by atoms with Crippen molar-refractivity contribution in [1.82, 2.24) is 5.32 Å². The molecule has 0 spiro atoms. The Labute approximate surface area is 68.4 Å². The van der Waals surface area contributed by atoms with Crippen LogP contribution in [0.1, 0.15) is 40.0 Å². The normalized spacial score (nSPS) is 19.4. The minimum atomic E-state index is -0.926. The maximum absolute atomic E-state index is 9.54. The first-order valence-corrected chi connectivity index (χ1v) is 4.16. The molecule has 0 aromatic carbocycles. The predicted octanol–water partition coefficient (Wildman–Crippen LogP) is 0.813. The molecule has 0 radical (unpaired) electrons. The molecule has 0 saturated carbocycles. The highest BCUT2D eigenvalue weighted by Gasteiger charge is 2.19. The summed E-state index contributed by atoms with van der Waals surface area (Å²) in [4.78, 5) is 0. The SMILES string of the molecule is CCCCC(C)(O)NC(C)O. The summed E-state index contributed by atoms with van der Waals surface area (Å²) < 4.78 is 0. The Morgan fingerprint density at radius 3 is 2.45 bits per heavy atom. The summed E-state index contributed by atoms with van der Waals surface area (Å²) in [5.41, 5.74) is -0.926. The molecule has 2 unspecified atom stereocenters. The van der Waals surface area contributed by atoms with Crippen molar-refractivity contribution in [2.24, 2.45) is 0 Å². The van der Waals surface area contributed by atoms with E-state index in [-0.39, 0.29) is 0 Å². The van der Waals surface area contributed by atoms with Crippen LogP contribution in [0.2, 0.25) is 0 Å². The van der Waals surface area contributed by atoms with E-state index in [1.54, 1.807) is 13.8 Å². The lowest BCUT2D eigenvalue weighted by Crippen LogP contribution is -2.46. The van der Waals surface area contributed by atoms with Crippen molar-refractivity contribution >= 4 is 0 Å². The van der Waals surface area contributed by atoms with E-state index in [4.69, 9.17) is 5.11 Å². The molecule has 0 heterocycles. The highest BCUT2D eigenvalue weighted by Crippen LogP contribution is 2.09. The fourth-order valence-electron chi connectivity index (χ4n) is 1.04. The molecule has 0 amide bonds. The lowest BCUT2D eigenvalue weighted by Gasteiger charge is -2.26. The smallest absolute Gasteiger partial charge is 0.115 e. The monoisotopic (exact) mass is 161 g/mol. The Bertz CT molecular complexity index is 102. The number of rotatable bonds is 5. The third kappa shape index (κ3) is 6.28. The number of hydrogen-bond acceptors (Lipinski definition) is 3. The van der Waals surface area contributed by atoms with E-state index in [0.717, 1.165) is 12.8 Å². The zero-order valence-corrected chi connectivity index (χ0v) is 7.59. The minimum absolute atomic E-state index is 0.651. The summed E-state index contributed by atoms with van der Waals surface area (Å²) in [7, 11) is 0. The van der Waals surface area contributed by atoms with Crippen molar-refractivity contribution in [2.45, 2.75) is 52.0 Å². The standard InChI is InChI=1S/C8H19NO2/c1-4-5-6-8(3,11)9-7(2)10/h7,9-11H,4-6H2,1-3H3. The van der Waals surface area contributed by atoms with E-state index < -0.39 is 12.0 Å². The number of aliphatic hydroxyl groups excluding tert-OH is 1. The van der Waals surface area contributed by atoms with Crippen LogP contribution in [0.3, 0.4) is 0 Å². The Kier molecular flexibility index (Phi) is 4.65. The molecule has 68 valence electrons. The number of hydrogen-bond donors (Lipinski definition) is 3. The predicted molar refractivity (Wildman–Crippen MR) is 45.0 cm³/mol. The van der Waals surface area contributed by atoms with Gasteiger partial charge in [0.05, 0.1) is 0 Å². The van der Waals surface area contributed by atoms with Gasteiger partial charge < -0.3 is 10.2 Å². The van der Waals surface area contributed by atoms with Crippen molar-refractivity contribution < 1.29 is 10.2 Å². The van der Waals surface area contributed by atoms with E-state index in [2.05, 4.69) is 12.2 Å². The molecule has 0 saturated heterocycles. The summed E-state index contributed by atoms with van der Waals surface area (Å²) in [5.74, 6) is 0. The molecule has 2 atom stereocenters. The molecule has 0 rings (SSSR count). The van der Waals surface area contributed by atoms with Gasteiger partial charge in [0.1, 0.15) is 12.0 Å². The summed E-state index contributed by atoms with van der Waals surface area (Å²) in [6.45, 7) is 5.34. The van der Waals surface area contributed by atoms with Crippen molar-refractivity contribution in [2.75, 3.05) is 0 Å². The second kappa shape index (κ2) is 4.70. The fourth-order valence-corrected chi connectivity index (χ4v) is 1.04. The molecule has 0 aromatic heterocycles. The fraction of sp³-hybridized carbons (Fsp3) is 1.00. The van der Waals surface area contributed by atoms with Gasteiger partial charge >= 0.3 is 0 Å². The van der Waals surface area contributed by atoms with Crippen LogP contribution in [0.5, 0.6) is 0 Å². The summed E-state index contributed by atoms with van der Waals surface area (Å²) in [6.07, 6.45) is 2.04. The van der Waals surface area contributed by atoms with Crippen LogP contribution in [0.25, 0.3) is 0 Å². The number of nitrogens with one attached hydrogen (secondary N) is 1. The van der Waals surface area contributed by atoms with Crippen molar-refractivity contribution in [1.29, 1.82) is 0 Å². The molecule has 0 aliphatic rings. The van der Waals surface area contributed by atoms with Crippen LogP contribution in [0.15, 0.2) is 0 Å². The molecule has 0 aromatic rings. The lowest BCUT2D eigenvalue weighted by molar-refractivity contribution is -0.0341. The Morgan fingerprint density at radius 2 is 2.09 bits per heavy atom. The molecule has 11 heavy (non-hydrogen) atoms. The van der Waals surface area contributed by atoms with Gasteiger partial charge in [-0.15, -0.1) is 0 Å². The van der Waals surface area contributed by atoms with Gasteiger partial charge in [0, 0.05) is 0 Å². The summed E-state index contributed by atoms with van der Waals surface area (Å²) >= 11 is 0. The van der Waals surface area contributed by atoms with E-state index >= 15 is 0 Å². The van der Waals surface area contributed by atoms with Gasteiger partial charge in [-0.05, 0) is 26.7 Å². The van der Waals surface area contributed by atoms with E-state index in [1.165, 1.54) is 0 Å². The van der Waals surface area contributed by atoms with Gasteiger partial charge in [0.25, 0.3) is 0 Å². The molecule has 3 heteroatoms. The molecular formula is C8H19NO2. The second-order valence-corrected chi connectivity index (χ2v) is 3.20. The molecule has 0 aliphatic heterocycles. The Balaban J connectivity index is 3.61. The third-order valence-corrected chi connectivity index (χ3v) is 1.54. The second-order valence-electron chi connectivity index (χ2n) is 3.20. The molecule has 0 aliphatic carbocycles. The first kappa shape index (κ1) is 10.9. The van der Waals surface area contributed by atoms with Gasteiger partial charge in [0.15, 0.2) is 0 Å². The van der Waals surface area contributed by atoms with Crippen LogP contribution in [-0.4, -0.2) is 22.2 Å². The van der Waals surface area contributed by atoms with Crippen LogP contribution in [-0.2, 0) is 0 Å². The van der Waals surface area contributed by atoms with E-state index in [9.17, 15) is 5.11 Å². The van der Waals surface area contributed by atoms with Crippen LogP contribution in [0.4, 0.5) is 0 Å². The van der Waals surface area contributed by atoms with Gasteiger partial charge in [-0.25, -0.2) is 0 Å². The Morgan fingerprint density at radius 1 is 1.55 bits per heavy atom. The van der Waals surface area contributed by atoms with Gasteiger partial charge in [-0.3, -0.25) is 5.32 Å². The van der Waals surface area contributed by atoms with Crippen molar-refractivity contribution in [3.05, 3.63) is 0 Å². The molecule has 3 N–H and O–H groups in total. The largest absolute Gasteiger partial charge is 0.379 e. The van der Waals surface area contributed by atoms with E-state index in [0.29, 0.717) is 6.42 Å².